The van der Waals surface area contributed by atoms with Crippen LogP contribution in [0.15, 0.2) is 0 Å². The smallest absolute Gasteiger partial charge is 0.280 e. The van der Waals surface area contributed by atoms with E-state index < -0.39 is 15.7 Å². The molecule has 112 valence electrons. The van der Waals surface area contributed by atoms with E-state index in [4.69, 9.17) is 16.3 Å². The van der Waals surface area contributed by atoms with E-state index in [1.807, 2.05) is 0 Å². The Morgan fingerprint density at radius 3 is 2.42 bits per heavy atom. The molecule has 2 aliphatic rings. The van der Waals surface area contributed by atoms with Crippen molar-refractivity contribution >= 4 is 21.8 Å². The Bertz CT molecular complexity index is 388. The van der Waals surface area contributed by atoms with Crippen molar-refractivity contribution in [3.05, 3.63) is 0 Å². The summed E-state index contributed by atoms with van der Waals surface area (Å²) in [5, 5.41) is 0. The van der Waals surface area contributed by atoms with Crippen molar-refractivity contribution < 1.29 is 13.2 Å². The highest BCUT2D eigenvalue weighted by atomic mass is 35.5. The standard InChI is InChI=1S/C12H23ClN2O3S/c1-11-2-4-12(10-13,5-3-11)14-19(16,17)15-6-8-18-9-7-15/h11,14H,2-10H2,1H3. The molecule has 0 spiro atoms. The van der Waals surface area contributed by atoms with Gasteiger partial charge in [0, 0.05) is 24.5 Å². The second-order valence-electron chi connectivity index (χ2n) is 5.72. The zero-order valence-electron chi connectivity index (χ0n) is 11.4. The number of rotatable bonds is 4. The summed E-state index contributed by atoms with van der Waals surface area (Å²) in [6, 6.07) is 0. The second kappa shape index (κ2) is 6.26. The Balaban J connectivity index is 2.04. The number of morpholine rings is 1. The molecule has 0 aromatic heterocycles. The van der Waals surface area contributed by atoms with E-state index in [1.54, 1.807) is 0 Å². The first-order chi connectivity index (χ1) is 8.97. The van der Waals surface area contributed by atoms with Crippen molar-refractivity contribution in [2.45, 2.75) is 38.1 Å². The molecule has 0 atom stereocenters. The minimum absolute atomic E-state index is 0.337. The molecular weight excluding hydrogens is 288 g/mol. The number of nitrogens with one attached hydrogen (secondary N) is 1. The van der Waals surface area contributed by atoms with Gasteiger partial charge in [0.05, 0.1) is 13.2 Å². The summed E-state index contributed by atoms with van der Waals surface area (Å²) >= 11 is 6.06. The molecule has 0 aromatic rings. The Morgan fingerprint density at radius 1 is 1.32 bits per heavy atom. The molecule has 19 heavy (non-hydrogen) atoms. The lowest BCUT2D eigenvalue weighted by molar-refractivity contribution is 0.0716. The predicted molar refractivity (Wildman–Crippen MR) is 75.5 cm³/mol. The van der Waals surface area contributed by atoms with Crippen LogP contribution in [0.2, 0.25) is 0 Å². The maximum atomic E-state index is 12.4. The molecule has 1 aliphatic carbocycles. The molecule has 1 saturated carbocycles. The molecular formula is C12H23ClN2O3S. The van der Waals surface area contributed by atoms with Crippen LogP contribution in [0.4, 0.5) is 0 Å². The third-order valence-corrected chi connectivity index (χ3v) is 6.39. The van der Waals surface area contributed by atoms with E-state index in [0.717, 1.165) is 25.7 Å². The minimum atomic E-state index is -3.45. The first-order valence-electron chi connectivity index (χ1n) is 6.90. The first kappa shape index (κ1) is 15.5. The van der Waals surface area contributed by atoms with Crippen LogP contribution in [0.5, 0.6) is 0 Å². The number of hydrogen-bond donors (Lipinski definition) is 1. The van der Waals surface area contributed by atoms with Crippen molar-refractivity contribution in [2.75, 3.05) is 32.2 Å². The molecule has 7 heteroatoms. The average molecular weight is 311 g/mol. The summed E-state index contributed by atoms with van der Waals surface area (Å²) in [5.74, 6) is 0.993. The molecule has 1 aliphatic heterocycles. The zero-order valence-corrected chi connectivity index (χ0v) is 13.0. The fourth-order valence-electron chi connectivity index (χ4n) is 2.70. The van der Waals surface area contributed by atoms with Crippen LogP contribution in [0, 0.1) is 5.92 Å². The van der Waals surface area contributed by atoms with Gasteiger partial charge in [0.25, 0.3) is 10.2 Å². The molecule has 5 nitrogen and oxygen atoms in total. The van der Waals surface area contributed by atoms with Crippen LogP contribution in [-0.2, 0) is 14.9 Å². The Hall–Kier alpha value is 0.120. The van der Waals surface area contributed by atoms with E-state index in [-0.39, 0.29) is 0 Å². The molecule has 0 unspecified atom stereocenters. The molecule has 2 rings (SSSR count). The maximum absolute atomic E-state index is 12.4. The van der Waals surface area contributed by atoms with Crippen LogP contribution in [0.1, 0.15) is 32.6 Å². The van der Waals surface area contributed by atoms with Crippen molar-refractivity contribution in [1.29, 1.82) is 0 Å². The third kappa shape index (κ3) is 3.82. The second-order valence-corrected chi connectivity index (χ2v) is 7.65. The monoisotopic (exact) mass is 310 g/mol. The minimum Gasteiger partial charge on any atom is -0.379 e. The summed E-state index contributed by atoms with van der Waals surface area (Å²) in [6.07, 6.45) is 3.69. The van der Waals surface area contributed by atoms with Gasteiger partial charge < -0.3 is 4.74 Å². The van der Waals surface area contributed by atoms with E-state index >= 15 is 0 Å². The molecule has 0 bridgehead atoms. The lowest BCUT2D eigenvalue weighted by Crippen LogP contribution is -2.57. The lowest BCUT2D eigenvalue weighted by atomic mass is 9.79. The van der Waals surface area contributed by atoms with Crippen LogP contribution >= 0.6 is 11.6 Å². The maximum Gasteiger partial charge on any atom is 0.280 e. The van der Waals surface area contributed by atoms with Gasteiger partial charge in [0.15, 0.2) is 0 Å². The number of alkyl halides is 1. The summed E-state index contributed by atoms with van der Waals surface area (Å²) < 4.78 is 34.3. The molecule has 0 aromatic carbocycles. The Labute approximate surface area is 120 Å². The van der Waals surface area contributed by atoms with E-state index in [0.29, 0.717) is 38.1 Å². The third-order valence-electron chi connectivity index (χ3n) is 4.14. The van der Waals surface area contributed by atoms with Crippen LogP contribution in [0.3, 0.4) is 0 Å². The van der Waals surface area contributed by atoms with E-state index in [9.17, 15) is 8.42 Å². The fraction of sp³-hybridized carbons (Fsp3) is 1.00. The molecule has 1 heterocycles. The summed E-state index contributed by atoms with van der Waals surface area (Å²) in [4.78, 5) is 0. The first-order valence-corrected chi connectivity index (χ1v) is 8.88. The Morgan fingerprint density at radius 2 is 1.89 bits per heavy atom. The SMILES string of the molecule is CC1CCC(CCl)(NS(=O)(=O)N2CCOCC2)CC1. The van der Waals surface area contributed by atoms with Crippen molar-refractivity contribution in [2.24, 2.45) is 5.92 Å². The molecule has 1 N–H and O–H groups in total. The van der Waals surface area contributed by atoms with E-state index in [1.165, 1.54) is 4.31 Å². The van der Waals surface area contributed by atoms with Crippen LogP contribution in [-0.4, -0.2) is 50.4 Å². The van der Waals surface area contributed by atoms with Gasteiger partial charge in [-0.05, 0) is 31.6 Å². The van der Waals surface area contributed by atoms with Crippen LogP contribution in [0.25, 0.3) is 0 Å². The average Bonchev–Trinajstić information content (AvgIpc) is 2.42. The zero-order chi connectivity index (χ0) is 13.9. The van der Waals surface area contributed by atoms with Gasteiger partial charge in [-0.1, -0.05) is 6.92 Å². The van der Waals surface area contributed by atoms with Gasteiger partial charge in [-0.15, -0.1) is 11.6 Å². The highest BCUT2D eigenvalue weighted by Crippen LogP contribution is 2.33. The normalized spacial score (nSPS) is 34.3. The summed E-state index contributed by atoms with van der Waals surface area (Å²) in [5.41, 5.74) is -0.467. The van der Waals surface area contributed by atoms with Gasteiger partial charge >= 0.3 is 0 Å². The number of hydrogen-bond acceptors (Lipinski definition) is 3. The van der Waals surface area contributed by atoms with Gasteiger partial charge in [-0.2, -0.15) is 17.4 Å². The predicted octanol–water partition coefficient (Wildman–Crippen LogP) is 1.34. The molecule has 0 radical (unpaired) electrons. The van der Waals surface area contributed by atoms with Gasteiger partial charge in [0.2, 0.25) is 0 Å². The summed E-state index contributed by atoms with van der Waals surface area (Å²) in [7, 11) is -3.45. The number of halogens is 1. The number of nitrogens with zero attached hydrogens (tertiary/aromatic N) is 1. The topological polar surface area (TPSA) is 58.6 Å². The van der Waals surface area contributed by atoms with E-state index in [2.05, 4.69) is 11.6 Å². The molecule has 0 amide bonds. The molecule has 1 saturated heterocycles. The number of ether oxygens (including phenoxy) is 1. The van der Waals surface area contributed by atoms with Crippen molar-refractivity contribution in [3.63, 3.8) is 0 Å². The van der Waals surface area contributed by atoms with Crippen LogP contribution < -0.4 is 4.72 Å². The Kier molecular flexibility index (Phi) is 5.11. The van der Waals surface area contributed by atoms with Gasteiger partial charge in [-0.3, -0.25) is 0 Å². The molecule has 2 fully saturated rings. The highest BCUT2D eigenvalue weighted by molar-refractivity contribution is 7.87. The van der Waals surface area contributed by atoms with Gasteiger partial charge in [0.1, 0.15) is 0 Å². The van der Waals surface area contributed by atoms with Crippen molar-refractivity contribution in [3.8, 4) is 0 Å². The largest absolute Gasteiger partial charge is 0.379 e. The highest BCUT2D eigenvalue weighted by Gasteiger charge is 2.39. The van der Waals surface area contributed by atoms with Gasteiger partial charge in [-0.25, -0.2) is 0 Å². The summed E-state index contributed by atoms with van der Waals surface area (Å²) in [6.45, 7) is 3.97. The lowest BCUT2D eigenvalue weighted by Gasteiger charge is -2.40. The van der Waals surface area contributed by atoms with Crippen molar-refractivity contribution in [1.82, 2.24) is 9.03 Å². The quantitative estimate of drug-likeness (QED) is 0.797. The fourth-order valence-corrected chi connectivity index (χ4v) is 4.70.